The van der Waals surface area contributed by atoms with Crippen molar-refractivity contribution in [1.82, 2.24) is 4.90 Å². The lowest BCUT2D eigenvalue weighted by molar-refractivity contribution is -0.144. The molecule has 118 valence electrons. The first-order valence-corrected chi connectivity index (χ1v) is 6.53. The third-order valence-electron chi connectivity index (χ3n) is 3.31. The minimum atomic E-state index is -4.52. The molecule has 0 radical (unpaired) electrons. The first kappa shape index (κ1) is 16.0. The number of amides is 3. The van der Waals surface area contributed by atoms with Crippen LogP contribution in [0, 0.1) is 0 Å². The van der Waals surface area contributed by atoms with E-state index in [0.29, 0.717) is 0 Å². The number of halogens is 3. The van der Waals surface area contributed by atoms with Crippen LogP contribution in [0.3, 0.4) is 0 Å². The summed E-state index contributed by atoms with van der Waals surface area (Å²) in [4.78, 5) is 35.9. The number of anilines is 1. The summed E-state index contributed by atoms with van der Waals surface area (Å²) in [6.45, 7) is 1.35. The Balaban J connectivity index is 2.12. The molecule has 1 aliphatic rings. The number of carbonyl (C=O) groups excluding carboxylic acids is 3. The van der Waals surface area contributed by atoms with E-state index in [1.54, 1.807) is 0 Å². The van der Waals surface area contributed by atoms with Crippen molar-refractivity contribution in [3.05, 3.63) is 29.8 Å². The third-order valence-corrected chi connectivity index (χ3v) is 3.31. The zero-order chi connectivity index (χ0) is 16.5. The normalized spacial score (nSPS) is 16.8. The van der Waals surface area contributed by atoms with Gasteiger partial charge in [0.25, 0.3) is 0 Å². The quantitative estimate of drug-likeness (QED) is 0.870. The fourth-order valence-electron chi connectivity index (χ4n) is 2.16. The van der Waals surface area contributed by atoms with Crippen LogP contribution in [-0.4, -0.2) is 28.7 Å². The number of likely N-dealkylation sites (tertiary alicyclic amines) is 1. The van der Waals surface area contributed by atoms with Gasteiger partial charge in [-0.25, -0.2) is 0 Å². The second kappa shape index (κ2) is 5.78. The van der Waals surface area contributed by atoms with Gasteiger partial charge in [0, 0.05) is 18.5 Å². The van der Waals surface area contributed by atoms with Crippen molar-refractivity contribution in [2.24, 2.45) is 0 Å². The van der Waals surface area contributed by atoms with Crippen LogP contribution in [-0.2, 0) is 20.6 Å². The number of hydrogen-bond acceptors (Lipinski definition) is 3. The Hall–Kier alpha value is -2.38. The topological polar surface area (TPSA) is 66.5 Å². The lowest BCUT2D eigenvalue weighted by atomic mass is 10.2. The van der Waals surface area contributed by atoms with Gasteiger partial charge in [0.2, 0.25) is 17.7 Å². The van der Waals surface area contributed by atoms with Crippen molar-refractivity contribution < 1.29 is 27.6 Å². The highest BCUT2D eigenvalue weighted by Gasteiger charge is 2.36. The fourth-order valence-corrected chi connectivity index (χ4v) is 2.16. The number of alkyl halides is 3. The lowest BCUT2D eigenvalue weighted by Gasteiger charge is -2.21. The van der Waals surface area contributed by atoms with E-state index in [2.05, 4.69) is 5.32 Å². The summed E-state index contributed by atoms with van der Waals surface area (Å²) in [5.41, 5.74) is -0.947. The molecule has 5 nitrogen and oxygen atoms in total. The molecule has 2 rings (SSSR count). The van der Waals surface area contributed by atoms with E-state index in [9.17, 15) is 27.6 Å². The highest BCUT2D eigenvalue weighted by Crippen LogP contribution is 2.30. The maximum Gasteiger partial charge on any atom is 0.416 e. The maximum atomic E-state index is 12.6. The molecule has 1 unspecified atom stereocenters. The smallest absolute Gasteiger partial charge is 0.324 e. The molecule has 0 saturated carbocycles. The molecule has 0 aliphatic carbocycles. The van der Waals surface area contributed by atoms with Crippen LogP contribution in [0.15, 0.2) is 24.3 Å². The summed E-state index contributed by atoms with van der Waals surface area (Å²) in [7, 11) is 0. The Morgan fingerprint density at radius 1 is 1.23 bits per heavy atom. The summed E-state index contributed by atoms with van der Waals surface area (Å²) < 4.78 is 37.8. The van der Waals surface area contributed by atoms with Gasteiger partial charge < -0.3 is 5.32 Å². The molecule has 1 aromatic rings. The summed E-state index contributed by atoms with van der Waals surface area (Å²) in [6, 6.07) is 3.06. The maximum absolute atomic E-state index is 12.6. The minimum Gasteiger partial charge on any atom is -0.324 e. The predicted molar refractivity (Wildman–Crippen MR) is 70.6 cm³/mol. The molecule has 1 N–H and O–H groups in total. The lowest BCUT2D eigenvalue weighted by Crippen LogP contribution is -2.45. The number of imide groups is 1. The zero-order valence-corrected chi connectivity index (χ0v) is 11.6. The van der Waals surface area contributed by atoms with Gasteiger partial charge in [-0.05, 0) is 25.1 Å². The fraction of sp³-hybridized carbons (Fsp3) is 0.357. The molecule has 1 aliphatic heterocycles. The molecule has 1 fully saturated rings. The van der Waals surface area contributed by atoms with Crippen molar-refractivity contribution in [1.29, 1.82) is 0 Å². The van der Waals surface area contributed by atoms with Crippen molar-refractivity contribution in [3.8, 4) is 0 Å². The summed E-state index contributed by atoms with van der Waals surface area (Å²) >= 11 is 0. The molecule has 1 aromatic carbocycles. The molecule has 0 spiro atoms. The van der Waals surface area contributed by atoms with Crippen LogP contribution in [0.5, 0.6) is 0 Å². The Kier molecular flexibility index (Phi) is 4.20. The van der Waals surface area contributed by atoms with Gasteiger partial charge in [0.1, 0.15) is 6.04 Å². The highest BCUT2D eigenvalue weighted by atomic mass is 19.4. The molecule has 0 bridgehead atoms. The second-order valence-corrected chi connectivity index (χ2v) is 4.90. The van der Waals surface area contributed by atoms with Gasteiger partial charge in [0.15, 0.2) is 0 Å². The first-order valence-electron chi connectivity index (χ1n) is 6.53. The molecule has 1 atom stereocenters. The molecular weight excluding hydrogens is 301 g/mol. The summed E-state index contributed by atoms with van der Waals surface area (Å²) in [5.74, 6) is -1.64. The Morgan fingerprint density at radius 3 is 2.36 bits per heavy atom. The van der Waals surface area contributed by atoms with Crippen LogP contribution in [0.25, 0.3) is 0 Å². The van der Waals surface area contributed by atoms with E-state index in [-0.39, 0.29) is 18.5 Å². The molecule has 22 heavy (non-hydrogen) atoms. The number of nitrogens with zero attached hydrogens (tertiary/aromatic N) is 1. The number of rotatable bonds is 3. The van der Waals surface area contributed by atoms with Crippen molar-refractivity contribution in [2.45, 2.75) is 32.0 Å². The van der Waals surface area contributed by atoms with Gasteiger partial charge in [-0.3, -0.25) is 19.3 Å². The van der Waals surface area contributed by atoms with Crippen LogP contribution in [0.2, 0.25) is 0 Å². The number of hydrogen-bond donors (Lipinski definition) is 1. The van der Waals surface area contributed by atoms with E-state index in [4.69, 9.17) is 0 Å². The summed E-state index contributed by atoms with van der Waals surface area (Å²) in [6.07, 6.45) is -4.44. The Morgan fingerprint density at radius 2 is 1.82 bits per heavy atom. The van der Waals surface area contributed by atoms with Crippen LogP contribution < -0.4 is 5.32 Å². The highest BCUT2D eigenvalue weighted by molar-refractivity contribution is 6.07. The van der Waals surface area contributed by atoms with Gasteiger partial charge in [0.05, 0.1) is 5.56 Å². The van der Waals surface area contributed by atoms with E-state index in [1.165, 1.54) is 13.0 Å². The SMILES string of the molecule is CC(C(=O)Nc1cccc(C(F)(F)F)c1)N1C(=O)CCC1=O. The molecule has 0 aromatic heterocycles. The van der Waals surface area contributed by atoms with E-state index in [1.807, 2.05) is 0 Å². The predicted octanol–water partition coefficient (Wildman–Crippen LogP) is 2.18. The molecular formula is C14H13F3N2O3. The largest absolute Gasteiger partial charge is 0.416 e. The zero-order valence-electron chi connectivity index (χ0n) is 11.6. The Bertz CT molecular complexity index is 612. The average molecular weight is 314 g/mol. The molecule has 1 saturated heterocycles. The molecule has 8 heteroatoms. The van der Waals surface area contributed by atoms with Crippen LogP contribution in [0.4, 0.5) is 18.9 Å². The molecule has 3 amide bonds. The third kappa shape index (κ3) is 3.26. The monoisotopic (exact) mass is 314 g/mol. The van der Waals surface area contributed by atoms with Gasteiger partial charge in [-0.1, -0.05) is 6.07 Å². The second-order valence-electron chi connectivity index (χ2n) is 4.90. The standard InChI is InChI=1S/C14H13F3N2O3/c1-8(19-11(20)5-6-12(19)21)13(22)18-10-4-2-3-9(7-10)14(15,16)17/h2-4,7-8H,5-6H2,1H3,(H,18,22). The number of benzene rings is 1. The Labute approximate surface area is 124 Å². The van der Waals surface area contributed by atoms with E-state index >= 15 is 0 Å². The molecule has 1 heterocycles. The van der Waals surface area contributed by atoms with Crippen molar-refractivity contribution >= 4 is 23.4 Å². The minimum absolute atomic E-state index is 0.0417. The van der Waals surface area contributed by atoms with Gasteiger partial charge >= 0.3 is 6.18 Å². The first-order chi connectivity index (χ1) is 10.2. The van der Waals surface area contributed by atoms with Crippen LogP contribution >= 0.6 is 0 Å². The van der Waals surface area contributed by atoms with Crippen LogP contribution in [0.1, 0.15) is 25.3 Å². The number of carbonyl (C=O) groups is 3. The average Bonchev–Trinajstić information content (AvgIpc) is 2.76. The van der Waals surface area contributed by atoms with Crippen molar-refractivity contribution in [3.63, 3.8) is 0 Å². The van der Waals surface area contributed by atoms with E-state index in [0.717, 1.165) is 23.1 Å². The van der Waals surface area contributed by atoms with Crippen molar-refractivity contribution in [2.75, 3.05) is 5.32 Å². The summed E-state index contributed by atoms with van der Waals surface area (Å²) in [5, 5.41) is 2.29. The van der Waals surface area contributed by atoms with E-state index < -0.39 is 35.5 Å². The van der Waals surface area contributed by atoms with Gasteiger partial charge in [-0.2, -0.15) is 13.2 Å². The van der Waals surface area contributed by atoms with Gasteiger partial charge in [-0.15, -0.1) is 0 Å². The number of nitrogens with one attached hydrogen (secondary N) is 1.